The highest BCUT2D eigenvalue weighted by molar-refractivity contribution is 5.78. The Labute approximate surface area is 116 Å². The van der Waals surface area contributed by atoms with Gasteiger partial charge in [0.15, 0.2) is 5.76 Å². The van der Waals surface area contributed by atoms with E-state index in [4.69, 9.17) is 8.94 Å². The molecule has 108 valence electrons. The van der Waals surface area contributed by atoms with Crippen molar-refractivity contribution >= 4 is 5.97 Å². The Morgan fingerprint density at radius 3 is 2.70 bits per heavy atom. The van der Waals surface area contributed by atoms with E-state index in [2.05, 4.69) is 10.5 Å². The van der Waals surface area contributed by atoms with Crippen LogP contribution in [0.1, 0.15) is 32.4 Å². The van der Waals surface area contributed by atoms with Gasteiger partial charge in [0.05, 0.1) is 12.0 Å². The predicted octanol–water partition coefficient (Wildman–Crippen LogP) is 2.67. The largest absolute Gasteiger partial charge is 0.480 e. The number of rotatable bonds is 7. The second-order valence-electron chi connectivity index (χ2n) is 4.61. The summed E-state index contributed by atoms with van der Waals surface area (Å²) in [6, 6.07) is 5.28. The average Bonchev–Trinajstić information content (AvgIpc) is 3.11. The van der Waals surface area contributed by atoms with Gasteiger partial charge in [-0.15, -0.1) is 0 Å². The van der Waals surface area contributed by atoms with Crippen LogP contribution in [0, 0.1) is 0 Å². The predicted molar refractivity (Wildman–Crippen MR) is 72.0 cm³/mol. The van der Waals surface area contributed by atoms with Crippen molar-refractivity contribution in [1.82, 2.24) is 10.5 Å². The van der Waals surface area contributed by atoms with E-state index in [0.717, 1.165) is 0 Å². The van der Waals surface area contributed by atoms with Crippen molar-refractivity contribution in [2.75, 3.05) is 0 Å². The fourth-order valence-electron chi connectivity index (χ4n) is 2.07. The lowest BCUT2D eigenvalue weighted by molar-refractivity contribution is -0.145. The van der Waals surface area contributed by atoms with Crippen molar-refractivity contribution in [3.63, 3.8) is 0 Å². The monoisotopic (exact) mass is 278 g/mol. The Kier molecular flexibility index (Phi) is 4.24. The van der Waals surface area contributed by atoms with Gasteiger partial charge in [-0.1, -0.05) is 19.0 Å². The molecule has 2 heterocycles. The average molecular weight is 278 g/mol. The van der Waals surface area contributed by atoms with Crippen LogP contribution in [0.4, 0.5) is 0 Å². The van der Waals surface area contributed by atoms with Crippen LogP contribution in [0.15, 0.2) is 33.4 Å². The smallest absolute Gasteiger partial charge is 0.323 e. The molecule has 0 radical (unpaired) electrons. The van der Waals surface area contributed by atoms with E-state index in [9.17, 15) is 9.90 Å². The number of hydrogen-bond acceptors (Lipinski definition) is 5. The van der Waals surface area contributed by atoms with E-state index < -0.39 is 11.5 Å². The lowest BCUT2D eigenvalue weighted by atomic mass is 9.93. The summed E-state index contributed by atoms with van der Waals surface area (Å²) in [7, 11) is 0. The Morgan fingerprint density at radius 1 is 1.40 bits per heavy atom. The highest BCUT2D eigenvalue weighted by Crippen LogP contribution is 2.21. The fourth-order valence-corrected chi connectivity index (χ4v) is 2.07. The summed E-state index contributed by atoms with van der Waals surface area (Å²) < 4.78 is 10.4. The molecule has 0 aliphatic rings. The number of aliphatic carboxylic acids is 1. The number of hydrogen-bond donors (Lipinski definition) is 2. The first-order valence-corrected chi connectivity index (χ1v) is 6.59. The second kappa shape index (κ2) is 5.92. The first-order chi connectivity index (χ1) is 9.61. The van der Waals surface area contributed by atoms with Crippen LogP contribution in [0.3, 0.4) is 0 Å². The zero-order valence-corrected chi connectivity index (χ0v) is 11.5. The summed E-state index contributed by atoms with van der Waals surface area (Å²) in [6.45, 7) is 4.03. The molecule has 0 saturated carbocycles. The lowest BCUT2D eigenvalue weighted by Gasteiger charge is -2.27. The van der Waals surface area contributed by atoms with E-state index in [1.54, 1.807) is 24.5 Å². The van der Waals surface area contributed by atoms with Gasteiger partial charge in [-0.25, -0.2) is 0 Å². The quantitative estimate of drug-likeness (QED) is 0.809. The maximum Gasteiger partial charge on any atom is 0.323 e. The van der Waals surface area contributed by atoms with Gasteiger partial charge in [-0.2, -0.15) is 0 Å². The Balaban J connectivity index is 2.06. The number of nitrogens with zero attached hydrogens (tertiary/aromatic N) is 1. The topological polar surface area (TPSA) is 88.5 Å². The molecule has 6 heteroatoms. The molecule has 0 saturated heterocycles. The van der Waals surface area contributed by atoms with E-state index in [0.29, 0.717) is 36.6 Å². The molecule has 0 bridgehead atoms. The van der Waals surface area contributed by atoms with Crippen molar-refractivity contribution in [2.45, 2.75) is 38.8 Å². The van der Waals surface area contributed by atoms with Crippen LogP contribution in [0.25, 0.3) is 11.5 Å². The van der Waals surface area contributed by atoms with Gasteiger partial charge in [-0.3, -0.25) is 10.1 Å². The molecule has 6 nitrogen and oxygen atoms in total. The molecule has 0 unspecified atom stereocenters. The lowest BCUT2D eigenvalue weighted by Crippen LogP contribution is -2.50. The Bertz CT molecular complexity index is 556. The zero-order valence-electron chi connectivity index (χ0n) is 11.5. The summed E-state index contributed by atoms with van der Waals surface area (Å²) in [6.07, 6.45) is 2.56. The third kappa shape index (κ3) is 2.75. The molecule has 20 heavy (non-hydrogen) atoms. The number of carbonyl (C=O) groups is 1. The molecule has 0 aliphatic heterocycles. The van der Waals surface area contributed by atoms with Crippen LogP contribution >= 0.6 is 0 Å². The van der Waals surface area contributed by atoms with E-state index in [1.807, 2.05) is 13.8 Å². The van der Waals surface area contributed by atoms with Gasteiger partial charge >= 0.3 is 5.97 Å². The maximum atomic E-state index is 11.4. The fraction of sp³-hybridized carbons (Fsp3) is 0.429. The summed E-state index contributed by atoms with van der Waals surface area (Å²) in [5, 5.41) is 16.3. The van der Waals surface area contributed by atoms with Crippen LogP contribution in [0.5, 0.6) is 0 Å². The normalized spacial score (nSPS) is 11.7. The van der Waals surface area contributed by atoms with Crippen LogP contribution in [-0.4, -0.2) is 21.8 Å². The summed E-state index contributed by atoms with van der Waals surface area (Å²) in [5.74, 6) is 0.275. The van der Waals surface area contributed by atoms with Crippen molar-refractivity contribution in [3.05, 3.63) is 30.2 Å². The number of aromatic nitrogens is 1. The molecule has 0 fully saturated rings. The Morgan fingerprint density at radius 2 is 2.15 bits per heavy atom. The molecule has 0 aromatic carbocycles. The molecule has 2 rings (SSSR count). The highest BCUT2D eigenvalue weighted by Gasteiger charge is 2.34. The Hall–Kier alpha value is -2.08. The molecule has 0 spiro atoms. The SMILES string of the molecule is CCC(CC)(NCc1cc(-c2ccco2)on1)C(=O)O. The van der Waals surface area contributed by atoms with Gasteiger partial charge in [-0.05, 0) is 25.0 Å². The second-order valence-corrected chi connectivity index (χ2v) is 4.61. The van der Waals surface area contributed by atoms with Gasteiger partial charge in [0.2, 0.25) is 5.76 Å². The van der Waals surface area contributed by atoms with Gasteiger partial charge in [0.25, 0.3) is 0 Å². The minimum Gasteiger partial charge on any atom is -0.480 e. The molecule has 2 aromatic rings. The van der Waals surface area contributed by atoms with E-state index >= 15 is 0 Å². The minimum atomic E-state index is -0.927. The highest BCUT2D eigenvalue weighted by atomic mass is 16.5. The van der Waals surface area contributed by atoms with Crippen molar-refractivity contribution in [2.24, 2.45) is 0 Å². The molecular formula is C14H18N2O4. The van der Waals surface area contributed by atoms with Gasteiger partial charge in [0, 0.05) is 12.6 Å². The molecule has 0 aliphatic carbocycles. The number of carboxylic acid groups (broad SMARTS) is 1. The third-order valence-corrected chi connectivity index (χ3v) is 3.55. The van der Waals surface area contributed by atoms with Gasteiger partial charge in [0.1, 0.15) is 5.54 Å². The van der Waals surface area contributed by atoms with Crippen LogP contribution < -0.4 is 5.32 Å². The summed E-state index contributed by atoms with van der Waals surface area (Å²) >= 11 is 0. The molecule has 0 atom stereocenters. The third-order valence-electron chi connectivity index (χ3n) is 3.55. The minimum absolute atomic E-state index is 0.332. The maximum absolute atomic E-state index is 11.4. The summed E-state index contributed by atoms with van der Waals surface area (Å²) in [5.41, 5.74) is -0.284. The summed E-state index contributed by atoms with van der Waals surface area (Å²) in [4.78, 5) is 11.4. The number of nitrogens with one attached hydrogen (secondary N) is 1. The molecule has 0 amide bonds. The van der Waals surface area contributed by atoms with Crippen molar-refractivity contribution < 1.29 is 18.8 Å². The number of furan rings is 1. The first-order valence-electron chi connectivity index (χ1n) is 6.59. The molecular weight excluding hydrogens is 260 g/mol. The zero-order chi connectivity index (χ0) is 14.6. The van der Waals surface area contributed by atoms with Crippen LogP contribution in [-0.2, 0) is 11.3 Å². The van der Waals surface area contributed by atoms with Gasteiger partial charge < -0.3 is 14.0 Å². The number of carboxylic acids is 1. The van der Waals surface area contributed by atoms with E-state index in [1.165, 1.54) is 0 Å². The van der Waals surface area contributed by atoms with E-state index in [-0.39, 0.29) is 0 Å². The van der Waals surface area contributed by atoms with Crippen molar-refractivity contribution in [3.8, 4) is 11.5 Å². The molecule has 2 N–H and O–H groups in total. The van der Waals surface area contributed by atoms with Crippen LogP contribution in [0.2, 0.25) is 0 Å². The molecule has 2 aromatic heterocycles. The first kappa shape index (κ1) is 14.3. The standard InChI is InChI=1S/C14H18N2O4/c1-3-14(4-2,13(17)18)15-9-10-8-12(20-16-10)11-6-5-7-19-11/h5-8,15H,3-4,9H2,1-2H3,(H,17,18). The van der Waals surface area contributed by atoms with Crippen molar-refractivity contribution in [1.29, 1.82) is 0 Å².